The normalized spacial score (nSPS) is 17.9. The predicted octanol–water partition coefficient (Wildman–Crippen LogP) is 3.10. The van der Waals surface area contributed by atoms with Crippen molar-refractivity contribution in [2.24, 2.45) is 5.92 Å². The second-order valence-electron chi connectivity index (χ2n) is 7.79. The summed E-state index contributed by atoms with van der Waals surface area (Å²) in [5.74, 6) is 4.32. The maximum atomic E-state index is 12.5. The number of aromatic amines is 1. The van der Waals surface area contributed by atoms with Crippen LogP contribution in [-0.2, 0) is 17.6 Å². The molecular weight excluding hydrogens is 340 g/mol. The first-order chi connectivity index (χ1) is 13.2. The van der Waals surface area contributed by atoms with Gasteiger partial charge in [-0.1, -0.05) is 12.1 Å². The second kappa shape index (κ2) is 8.11. The van der Waals surface area contributed by atoms with Gasteiger partial charge in [0.25, 0.3) is 0 Å². The Bertz CT molecular complexity index is 759. The molecule has 1 aromatic heterocycles. The first-order valence-corrected chi connectivity index (χ1v) is 10.0. The van der Waals surface area contributed by atoms with Gasteiger partial charge in [-0.3, -0.25) is 9.89 Å². The van der Waals surface area contributed by atoms with Gasteiger partial charge in [0.2, 0.25) is 5.91 Å². The van der Waals surface area contributed by atoms with Crippen LogP contribution >= 0.6 is 0 Å². The van der Waals surface area contributed by atoms with Crippen molar-refractivity contribution in [1.29, 1.82) is 0 Å². The fraction of sp³-hybridized carbons (Fsp3) is 0.571. The third-order valence-corrected chi connectivity index (χ3v) is 5.73. The highest BCUT2D eigenvalue weighted by Crippen LogP contribution is 2.38. The summed E-state index contributed by atoms with van der Waals surface area (Å²) in [7, 11) is 1.66. The molecule has 0 atom stereocenters. The van der Waals surface area contributed by atoms with Gasteiger partial charge in [0.1, 0.15) is 11.6 Å². The second-order valence-corrected chi connectivity index (χ2v) is 7.79. The minimum atomic E-state index is 0.264. The number of hydrogen-bond donors (Lipinski definition) is 1. The molecule has 144 valence electrons. The van der Waals surface area contributed by atoms with Crippen LogP contribution in [0.4, 0.5) is 0 Å². The van der Waals surface area contributed by atoms with Crippen molar-refractivity contribution in [3.63, 3.8) is 0 Å². The quantitative estimate of drug-likeness (QED) is 0.815. The number of benzene rings is 1. The largest absolute Gasteiger partial charge is 0.497 e. The summed E-state index contributed by atoms with van der Waals surface area (Å²) >= 11 is 0. The minimum Gasteiger partial charge on any atom is -0.497 e. The van der Waals surface area contributed by atoms with Gasteiger partial charge in [-0.05, 0) is 55.7 Å². The highest BCUT2D eigenvalue weighted by atomic mass is 16.5. The van der Waals surface area contributed by atoms with E-state index >= 15 is 0 Å². The summed E-state index contributed by atoms with van der Waals surface area (Å²) < 4.78 is 5.17. The molecule has 1 saturated heterocycles. The molecule has 4 rings (SSSR count). The maximum Gasteiger partial charge on any atom is 0.222 e. The molecule has 6 heteroatoms. The number of ether oxygens (including phenoxy) is 1. The molecule has 2 aromatic rings. The number of H-pyrrole nitrogens is 1. The summed E-state index contributed by atoms with van der Waals surface area (Å²) in [5.41, 5.74) is 1.18. The lowest BCUT2D eigenvalue weighted by Gasteiger charge is -2.31. The standard InChI is InChI=1S/C21H28N4O2/c1-27-18-7-2-15(3-8-18)4-9-20(26)25-12-10-16(11-13-25)14-19-22-21(24-23-19)17-5-6-17/h2-3,7-8,16-17H,4-6,9-14H2,1H3,(H,22,23,24). The number of carbonyl (C=O) groups excluding carboxylic acids is 1. The van der Waals surface area contributed by atoms with Gasteiger partial charge in [-0.25, -0.2) is 4.98 Å². The van der Waals surface area contributed by atoms with Crippen molar-refractivity contribution < 1.29 is 9.53 Å². The van der Waals surface area contributed by atoms with Gasteiger partial charge in [-0.2, -0.15) is 5.10 Å². The molecule has 1 saturated carbocycles. The Morgan fingerprint density at radius 3 is 2.59 bits per heavy atom. The monoisotopic (exact) mass is 368 g/mol. The highest BCUT2D eigenvalue weighted by molar-refractivity contribution is 5.76. The van der Waals surface area contributed by atoms with Gasteiger partial charge in [0, 0.05) is 31.8 Å². The Balaban J connectivity index is 1.20. The van der Waals surface area contributed by atoms with Crippen molar-refractivity contribution in [1.82, 2.24) is 20.1 Å². The Hall–Kier alpha value is -2.37. The van der Waals surface area contributed by atoms with Crippen LogP contribution in [0.1, 0.15) is 55.2 Å². The van der Waals surface area contributed by atoms with E-state index in [1.165, 1.54) is 18.4 Å². The average molecular weight is 368 g/mol. The lowest BCUT2D eigenvalue weighted by Crippen LogP contribution is -2.39. The van der Waals surface area contributed by atoms with Gasteiger partial charge >= 0.3 is 0 Å². The van der Waals surface area contributed by atoms with Crippen LogP contribution in [0, 0.1) is 5.92 Å². The smallest absolute Gasteiger partial charge is 0.222 e. The van der Waals surface area contributed by atoms with Gasteiger partial charge < -0.3 is 9.64 Å². The minimum absolute atomic E-state index is 0.264. The molecular formula is C21H28N4O2. The van der Waals surface area contributed by atoms with Crippen LogP contribution in [-0.4, -0.2) is 46.2 Å². The van der Waals surface area contributed by atoms with Crippen LogP contribution in [0.25, 0.3) is 0 Å². The lowest BCUT2D eigenvalue weighted by molar-refractivity contribution is -0.132. The zero-order chi connectivity index (χ0) is 18.6. The number of nitrogens with zero attached hydrogens (tertiary/aromatic N) is 3. The summed E-state index contributed by atoms with van der Waals surface area (Å²) in [6, 6.07) is 7.96. The number of carbonyl (C=O) groups is 1. The van der Waals surface area contributed by atoms with E-state index in [4.69, 9.17) is 4.74 Å². The van der Waals surface area contributed by atoms with Crippen molar-refractivity contribution in [3.8, 4) is 5.75 Å². The number of aromatic nitrogens is 3. The first kappa shape index (κ1) is 18.0. The Labute approximate surface area is 160 Å². The average Bonchev–Trinajstić information content (AvgIpc) is 3.46. The molecule has 1 amide bonds. The fourth-order valence-corrected chi connectivity index (χ4v) is 3.79. The van der Waals surface area contributed by atoms with Crippen molar-refractivity contribution >= 4 is 5.91 Å². The molecule has 0 bridgehead atoms. The maximum absolute atomic E-state index is 12.5. The van der Waals surface area contributed by atoms with Crippen molar-refractivity contribution in [3.05, 3.63) is 41.5 Å². The van der Waals surface area contributed by atoms with Crippen LogP contribution in [0.3, 0.4) is 0 Å². The number of methoxy groups -OCH3 is 1. The van der Waals surface area contributed by atoms with E-state index in [-0.39, 0.29) is 5.91 Å². The zero-order valence-corrected chi connectivity index (χ0v) is 16.0. The molecule has 1 aliphatic heterocycles. The van der Waals surface area contributed by atoms with E-state index in [1.807, 2.05) is 29.2 Å². The Kier molecular flexibility index (Phi) is 5.41. The number of aryl methyl sites for hydroxylation is 1. The number of piperidine rings is 1. The molecule has 1 aliphatic carbocycles. The van der Waals surface area contributed by atoms with E-state index in [2.05, 4.69) is 15.2 Å². The molecule has 0 spiro atoms. The number of rotatable bonds is 7. The van der Waals surface area contributed by atoms with Crippen molar-refractivity contribution in [2.45, 2.75) is 50.9 Å². The molecule has 6 nitrogen and oxygen atoms in total. The van der Waals surface area contributed by atoms with Crippen LogP contribution < -0.4 is 4.74 Å². The number of nitrogens with one attached hydrogen (secondary N) is 1. The van der Waals surface area contributed by atoms with E-state index in [0.717, 1.165) is 56.2 Å². The van der Waals surface area contributed by atoms with Gasteiger partial charge in [0.15, 0.2) is 5.82 Å². The van der Waals surface area contributed by atoms with Crippen LogP contribution in [0.5, 0.6) is 5.75 Å². The van der Waals surface area contributed by atoms with E-state index in [1.54, 1.807) is 7.11 Å². The lowest BCUT2D eigenvalue weighted by atomic mass is 9.93. The molecule has 1 N–H and O–H groups in total. The third kappa shape index (κ3) is 4.67. The topological polar surface area (TPSA) is 71.1 Å². The molecule has 1 aromatic carbocycles. The Morgan fingerprint density at radius 1 is 1.19 bits per heavy atom. The van der Waals surface area contributed by atoms with E-state index in [9.17, 15) is 4.79 Å². The number of likely N-dealkylation sites (tertiary alicyclic amines) is 1. The van der Waals surface area contributed by atoms with E-state index < -0.39 is 0 Å². The predicted molar refractivity (Wildman–Crippen MR) is 103 cm³/mol. The van der Waals surface area contributed by atoms with Gasteiger partial charge in [0.05, 0.1) is 7.11 Å². The van der Waals surface area contributed by atoms with Crippen LogP contribution in [0.15, 0.2) is 24.3 Å². The molecule has 2 heterocycles. The molecule has 0 radical (unpaired) electrons. The first-order valence-electron chi connectivity index (χ1n) is 10.0. The molecule has 2 aliphatic rings. The number of hydrogen-bond acceptors (Lipinski definition) is 4. The molecule has 2 fully saturated rings. The molecule has 0 unspecified atom stereocenters. The summed E-state index contributed by atoms with van der Waals surface area (Å²) in [4.78, 5) is 19.2. The van der Waals surface area contributed by atoms with Crippen molar-refractivity contribution in [2.75, 3.05) is 20.2 Å². The van der Waals surface area contributed by atoms with Gasteiger partial charge in [-0.15, -0.1) is 0 Å². The summed E-state index contributed by atoms with van der Waals surface area (Å²) in [6.45, 7) is 1.71. The SMILES string of the molecule is COc1ccc(CCC(=O)N2CCC(Cc3nc(C4CC4)n[nH]3)CC2)cc1. The molecule has 27 heavy (non-hydrogen) atoms. The Morgan fingerprint density at radius 2 is 1.93 bits per heavy atom. The zero-order valence-electron chi connectivity index (χ0n) is 16.0. The summed E-state index contributed by atoms with van der Waals surface area (Å²) in [6.07, 6.45) is 6.87. The highest BCUT2D eigenvalue weighted by Gasteiger charge is 2.28. The number of amides is 1. The fourth-order valence-electron chi connectivity index (χ4n) is 3.79. The van der Waals surface area contributed by atoms with Crippen LogP contribution in [0.2, 0.25) is 0 Å². The van der Waals surface area contributed by atoms with E-state index in [0.29, 0.717) is 18.3 Å². The summed E-state index contributed by atoms with van der Waals surface area (Å²) in [5, 5.41) is 7.45. The third-order valence-electron chi connectivity index (χ3n) is 5.73.